The first kappa shape index (κ1) is 9.82. The van der Waals surface area contributed by atoms with E-state index in [1.165, 1.54) is 0 Å². The van der Waals surface area contributed by atoms with Crippen LogP contribution in [0.25, 0.3) is 10.9 Å². The van der Waals surface area contributed by atoms with Gasteiger partial charge >= 0.3 is 0 Å². The molecule has 2 aromatic carbocycles. The summed E-state index contributed by atoms with van der Waals surface area (Å²) in [6.45, 7) is -3.05. The number of aromatic amines is 1. The van der Waals surface area contributed by atoms with Crippen molar-refractivity contribution >= 4 is 22.7 Å². The van der Waals surface area contributed by atoms with Gasteiger partial charge in [0.05, 0.1) is 24.9 Å². The van der Waals surface area contributed by atoms with Crippen molar-refractivity contribution in [1.82, 2.24) is 14.8 Å². The number of hydrogen-bond donors (Lipinski definition) is 1. The van der Waals surface area contributed by atoms with Crippen LogP contribution in [0.2, 0.25) is 0 Å². The molecule has 0 radical (unpaired) electrons. The van der Waals surface area contributed by atoms with Gasteiger partial charge in [-0.05, 0) is 29.3 Å². The quantitative estimate of drug-likeness (QED) is 0.682. The Morgan fingerprint density at radius 2 is 2.00 bits per heavy atom. The van der Waals surface area contributed by atoms with E-state index < -0.39 is 60.6 Å². The molecule has 3 aliphatic heterocycles. The van der Waals surface area contributed by atoms with Gasteiger partial charge in [-0.2, -0.15) is 0 Å². The van der Waals surface area contributed by atoms with E-state index in [2.05, 4.69) is 4.98 Å². The molecule has 2 atom stereocenters. The van der Waals surface area contributed by atoms with Crippen LogP contribution in [0.4, 0.5) is 0 Å². The largest absolute Gasteiger partial charge is 0.454 e. The number of benzene rings is 2. The van der Waals surface area contributed by atoms with Crippen LogP contribution in [-0.4, -0.2) is 53.0 Å². The zero-order valence-electron chi connectivity index (χ0n) is 24.1. The van der Waals surface area contributed by atoms with Crippen molar-refractivity contribution in [2.45, 2.75) is 18.5 Å². The van der Waals surface area contributed by atoms with E-state index in [0.29, 0.717) is 4.90 Å². The summed E-state index contributed by atoms with van der Waals surface area (Å²) in [5.41, 5.74) is 0.156. The number of carbonyl (C=O) groups is 2. The lowest BCUT2D eigenvalue weighted by Crippen LogP contribution is -2.62. The summed E-state index contributed by atoms with van der Waals surface area (Å²) in [4.78, 5) is 31.6. The van der Waals surface area contributed by atoms with Crippen LogP contribution in [0, 0.1) is 0 Å². The summed E-state index contributed by atoms with van der Waals surface area (Å²) in [6, 6.07) is -5.86. The molecule has 0 aliphatic carbocycles. The molecule has 4 heterocycles. The molecule has 3 aliphatic rings. The smallest absolute Gasteiger partial charge is 0.245 e. The van der Waals surface area contributed by atoms with Gasteiger partial charge in [0.25, 0.3) is 0 Å². The molecule has 146 valence electrons. The summed E-state index contributed by atoms with van der Waals surface area (Å²) in [7, 11) is 1.15. The Morgan fingerprint density at radius 1 is 1.17 bits per heavy atom. The fourth-order valence-electron chi connectivity index (χ4n) is 4.14. The SMILES string of the molecule is [2H]c1c([2H])c(C2c3[nH]c4c([2H])c([2H])c([2H])c([2H])c4c3C[C@@H]3C(=O)N(C)C([2H])([2H])C(=O)N23)c([2H])c2c1OCO2. The first-order valence-corrected chi connectivity index (χ1v) is 8.91. The van der Waals surface area contributed by atoms with Crippen LogP contribution in [0.3, 0.4) is 0 Å². The van der Waals surface area contributed by atoms with Gasteiger partial charge in [-0.15, -0.1) is 0 Å². The molecule has 1 unspecified atom stereocenters. The molecule has 7 nitrogen and oxygen atoms in total. The van der Waals surface area contributed by atoms with E-state index in [4.69, 9.17) is 21.8 Å². The van der Waals surface area contributed by atoms with Gasteiger partial charge in [0.15, 0.2) is 11.5 Å². The maximum atomic E-state index is 13.6. The molecular formula is C22H19N3O4. The molecule has 6 rings (SSSR count). The highest BCUT2D eigenvalue weighted by molar-refractivity contribution is 5.97. The van der Waals surface area contributed by atoms with E-state index >= 15 is 0 Å². The van der Waals surface area contributed by atoms with Crippen LogP contribution in [0.5, 0.6) is 11.5 Å². The zero-order chi connectivity index (χ0) is 27.6. The van der Waals surface area contributed by atoms with Crippen LogP contribution in [0.15, 0.2) is 42.3 Å². The van der Waals surface area contributed by atoms with Crippen molar-refractivity contribution in [3.8, 4) is 11.5 Å². The Hall–Kier alpha value is -3.48. The second-order valence-corrected chi connectivity index (χ2v) is 6.96. The molecule has 2 amide bonds. The Morgan fingerprint density at radius 3 is 2.90 bits per heavy atom. The standard InChI is InChI=1S/C22H19N3O4/c1-24-10-19(26)25-16(22(24)27)9-14-13-4-2-3-5-15(13)23-20(14)21(25)12-6-7-17-18(8-12)29-11-28-17/h2-8,16,21,23H,9-11H2,1H3/t16-,21?/m1/s1/i2D,3D,4D,5D,6D,7D,8D,10D2. The number of carbonyl (C=O) groups excluding carboxylic acids is 2. The lowest BCUT2D eigenvalue weighted by molar-refractivity contribution is -0.157. The third-order valence-corrected chi connectivity index (χ3v) is 5.42. The molecule has 7 heteroatoms. The van der Waals surface area contributed by atoms with Gasteiger partial charge in [-0.3, -0.25) is 9.59 Å². The van der Waals surface area contributed by atoms with Gasteiger partial charge in [-0.25, -0.2) is 0 Å². The summed E-state index contributed by atoms with van der Waals surface area (Å²) in [5.74, 6) is -2.13. The Labute approximate surface area is 179 Å². The average molecular weight is 398 g/mol. The number of aromatic nitrogens is 1. The van der Waals surface area contributed by atoms with Gasteiger partial charge in [0.1, 0.15) is 6.04 Å². The molecule has 0 spiro atoms. The Kier molecular flexibility index (Phi) is 1.95. The van der Waals surface area contributed by atoms with Crippen molar-refractivity contribution in [3.63, 3.8) is 0 Å². The molecule has 1 aromatic heterocycles. The minimum Gasteiger partial charge on any atom is -0.454 e. The molecular weight excluding hydrogens is 370 g/mol. The van der Waals surface area contributed by atoms with Crippen LogP contribution in [0.1, 0.15) is 35.2 Å². The predicted octanol–water partition coefficient (Wildman–Crippen LogP) is 2.21. The molecule has 1 fully saturated rings. The molecule has 0 saturated carbocycles. The number of nitrogens with zero attached hydrogens (tertiary/aromatic N) is 2. The lowest BCUT2D eigenvalue weighted by atomic mass is 9.86. The Balaban J connectivity index is 1.74. The van der Waals surface area contributed by atoms with Crippen molar-refractivity contribution in [2.24, 2.45) is 0 Å². The van der Waals surface area contributed by atoms with E-state index in [1.807, 2.05) is 0 Å². The fraction of sp³-hybridized carbons (Fsp3) is 0.273. The van der Waals surface area contributed by atoms with Gasteiger partial charge < -0.3 is 24.3 Å². The Bertz CT molecular complexity index is 1620. The number of rotatable bonds is 1. The maximum Gasteiger partial charge on any atom is 0.245 e. The van der Waals surface area contributed by atoms with Crippen molar-refractivity contribution in [3.05, 3.63) is 59.1 Å². The van der Waals surface area contributed by atoms with Crippen LogP contribution >= 0.6 is 0 Å². The highest BCUT2D eigenvalue weighted by atomic mass is 16.7. The number of ether oxygens (including phenoxy) is 2. The monoisotopic (exact) mass is 398 g/mol. The topological polar surface area (TPSA) is 74.9 Å². The number of nitrogens with one attached hydrogen (secondary N) is 1. The zero-order valence-corrected chi connectivity index (χ0v) is 15.1. The number of piperazine rings is 1. The first-order valence-electron chi connectivity index (χ1n) is 13.4. The van der Waals surface area contributed by atoms with E-state index in [0.717, 1.165) is 11.9 Å². The fourth-order valence-corrected chi connectivity index (χ4v) is 4.14. The maximum absolute atomic E-state index is 13.6. The summed E-state index contributed by atoms with van der Waals surface area (Å²) >= 11 is 0. The second-order valence-electron chi connectivity index (χ2n) is 6.96. The highest BCUT2D eigenvalue weighted by Crippen LogP contribution is 2.44. The summed E-state index contributed by atoms with van der Waals surface area (Å²) in [6.07, 6.45) is -0.197. The number of fused-ring (bicyclic) bond motifs is 5. The minimum atomic E-state index is -2.76. The number of likely N-dealkylation sites (N-methyl/N-ethyl adjacent to an activating group) is 1. The lowest BCUT2D eigenvalue weighted by Gasteiger charge is -2.46. The van der Waals surface area contributed by atoms with E-state index in [9.17, 15) is 9.59 Å². The normalized spacial score (nSPS) is 28.9. The third-order valence-electron chi connectivity index (χ3n) is 5.42. The highest BCUT2D eigenvalue weighted by Gasteiger charge is 2.47. The van der Waals surface area contributed by atoms with Gasteiger partial charge in [0.2, 0.25) is 18.6 Å². The average Bonchev–Trinajstić information content (AvgIpc) is 3.53. The van der Waals surface area contributed by atoms with Crippen molar-refractivity contribution in [1.29, 1.82) is 0 Å². The number of hydrogen-bond acceptors (Lipinski definition) is 4. The summed E-state index contributed by atoms with van der Waals surface area (Å²) in [5, 5.41) is 0.0945. The molecule has 3 aromatic rings. The van der Waals surface area contributed by atoms with E-state index in [-0.39, 0.29) is 64.5 Å². The summed E-state index contributed by atoms with van der Waals surface area (Å²) < 4.78 is 86.3. The predicted molar refractivity (Wildman–Crippen MR) is 105 cm³/mol. The number of H-pyrrole nitrogens is 1. The van der Waals surface area contributed by atoms with Crippen molar-refractivity contribution < 1.29 is 31.4 Å². The molecule has 0 bridgehead atoms. The van der Waals surface area contributed by atoms with Gasteiger partial charge in [0, 0.05) is 30.1 Å². The first-order chi connectivity index (χ1) is 17.8. The van der Waals surface area contributed by atoms with Crippen LogP contribution in [-0.2, 0) is 16.0 Å². The number of para-hydroxylation sites is 1. The second kappa shape index (κ2) is 5.76. The van der Waals surface area contributed by atoms with Crippen LogP contribution < -0.4 is 9.47 Å². The molecule has 1 saturated heterocycles. The molecule has 29 heavy (non-hydrogen) atoms. The van der Waals surface area contributed by atoms with Gasteiger partial charge in [-0.1, -0.05) is 24.2 Å². The number of amides is 2. The van der Waals surface area contributed by atoms with E-state index in [1.54, 1.807) is 0 Å². The minimum absolute atomic E-state index is 0.00649. The third kappa shape index (κ3) is 2.24. The molecule has 1 N–H and O–H groups in total. The van der Waals surface area contributed by atoms with Crippen molar-refractivity contribution in [2.75, 3.05) is 20.3 Å².